The Morgan fingerprint density at radius 1 is 1.31 bits per heavy atom. The molecule has 3 rings (SSSR count). The molecule has 1 heterocycles. The van der Waals surface area contributed by atoms with Crippen molar-refractivity contribution in [2.75, 3.05) is 6.61 Å². The van der Waals surface area contributed by atoms with Crippen LogP contribution in [0.3, 0.4) is 0 Å². The summed E-state index contributed by atoms with van der Waals surface area (Å²) in [5.41, 5.74) is 3.51. The maximum absolute atomic E-state index is 14.5. The minimum atomic E-state index is -0.449. The molecule has 0 bridgehead atoms. The predicted molar refractivity (Wildman–Crippen MR) is 102 cm³/mol. The van der Waals surface area contributed by atoms with Gasteiger partial charge in [-0.05, 0) is 30.7 Å². The van der Waals surface area contributed by atoms with Crippen LogP contribution in [0.15, 0.2) is 54.1 Å². The zero-order valence-electron chi connectivity index (χ0n) is 14.4. The van der Waals surface area contributed by atoms with Gasteiger partial charge in [-0.3, -0.25) is 4.79 Å². The number of carbonyl (C=O) groups excluding carboxylic acids is 1. The van der Waals surface area contributed by atoms with E-state index < -0.39 is 5.82 Å². The fraction of sp³-hybridized carbons (Fsp3) is 0.200. The van der Waals surface area contributed by atoms with Crippen LogP contribution < -0.4 is 10.1 Å². The summed E-state index contributed by atoms with van der Waals surface area (Å²) in [5.74, 6) is -0.518. The number of amides is 1. The molecule has 0 saturated carbocycles. The molecule has 0 atom stereocenters. The second-order valence-electron chi connectivity index (χ2n) is 5.64. The SMILES string of the molecule is CCC=CCOc1cccc(CNC(=O)c2ccc3ncsc3c2)c1F. The van der Waals surface area contributed by atoms with Crippen LogP contribution >= 0.6 is 11.3 Å². The molecule has 0 aliphatic rings. The molecule has 6 heteroatoms. The number of thiazole rings is 1. The smallest absolute Gasteiger partial charge is 0.251 e. The van der Waals surface area contributed by atoms with Gasteiger partial charge in [0.1, 0.15) is 6.61 Å². The van der Waals surface area contributed by atoms with Crippen LogP contribution in [0.4, 0.5) is 4.39 Å². The van der Waals surface area contributed by atoms with Crippen LogP contribution in [0.1, 0.15) is 29.3 Å². The highest BCUT2D eigenvalue weighted by atomic mass is 32.1. The monoisotopic (exact) mass is 370 g/mol. The Morgan fingerprint density at radius 2 is 2.19 bits per heavy atom. The molecule has 0 fully saturated rings. The van der Waals surface area contributed by atoms with Crippen LogP contribution in [0.2, 0.25) is 0 Å². The molecule has 1 aromatic heterocycles. The van der Waals surface area contributed by atoms with Crippen molar-refractivity contribution < 1.29 is 13.9 Å². The molecule has 0 radical (unpaired) electrons. The molecular weight excluding hydrogens is 351 g/mol. The first kappa shape index (κ1) is 18.1. The van der Waals surface area contributed by atoms with E-state index >= 15 is 0 Å². The summed E-state index contributed by atoms with van der Waals surface area (Å²) >= 11 is 1.48. The Bertz CT molecular complexity index is 936. The van der Waals surface area contributed by atoms with Gasteiger partial charge >= 0.3 is 0 Å². The molecule has 3 aromatic rings. The van der Waals surface area contributed by atoms with Crippen molar-refractivity contribution in [2.24, 2.45) is 0 Å². The molecule has 2 aromatic carbocycles. The number of fused-ring (bicyclic) bond motifs is 1. The number of halogens is 1. The Balaban J connectivity index is 1.65. The number of benzene rings is 2. The largest absolute Gasteiger partial charge is 0.486 e. The molecule has 1 amide bonds. The lowest BCUT2D eigenvalue weighted by atomic mass is 10.1. The van der Waals surface area contributed by atoms with Gasteiger partial charge in [-0.2, -0.15) is 0 Å². The third kappa shape index (κ3) is 4.26. The number of ether oxygens (including phenoxy) is 1. The second-order valence-corrected chi connectivity index (χ2v) is 6.52. The standard InChI is InChI=1S/C20H19FN2O2S/c1-2-3-4-10-25-17-7-5-6-15(19(17)21)12-22-20(24)14-8-9-16-18(11-14)26-13-23-16/h3-9,11,13H,2,10,12H2,1H3,(H,22,24). The van der Waals surface area contributed by atoms with E-state index in [1.165, 1.54) is 11.3 Å². The zero-order valence-corrected chi connectivity index (χ0v) is 15.2. The van der Waals surface area contributed by atoms with E-state index in [1.807, 2.05) is 19.1 Å². The van der Waals surface area contributed by atoms with Gasteiger partial charge in [0.2, 0.25) is 0 Å². The first-order valence-corrected chi connectivity index (χ1v) is 9.23. The second kappa shape index (κ2) is 8.58. The predicted octanol–water partition coefficient (Wildman–Crippen LogP) is 4.71. The molecule has 0 aliphatic heterocycles. The lowest BCUT2D eigenvalue weighted by molar-refractivity contribution is 0.0950. The van der Waals surface area contributed by atoms with Gasteiger partial charge in [0.25, 0.3) is 5.91 Å². The average molecular weight is 370 g/mol. The van der Waals surface area contributed by atoms with E-state index in [0.717, 1.165) is 16.6 Å². The van der Waals surface area contributed by atoms with Crippen molar-refractivity contribution in [2.45, 2.75) is 19.9 Å². The number of carbonyl (C=O) groups is 1. The van der Waals surface area contributed by atoms with E-state index in [2.05, 4.69) is 10.3 Å². The van der Waals surface area contributed by atoms with Gasteiger partial charge in [-0.1, -0.05) is 31.2 Å². The molecular formula is C20H19FN2O2S. The van der Waals surface area contributed by atoms with Crippen LogP contribution in [0, 0.1) is 5.82 Å². The third-order valence-corrected chi connectivity index (χ3v) is 4.61. The van der Waals surface area contributed by atoms with Gasteiger partial charge in [0.15, 0.2) is 11.6 Å². The number of allylic oxidation sites excluding steroid dienone is 1. The normalized spacial score (nSPS) is 11.2. The summed E-state index contributed by atoms with van der Waals surface area (Å²) in [5, 5.41) is 2.75. The zero-order chi connectivity index (χ0) is 18.4. The highest BCUT2D eigenvalue weighted by molar-refractivity contribution is 7.16. The molecule has 134 valence electrons. The summed E-state index contributed by atoms with van der Waals surface area (Å²) in [4.78, 5) is 16.5. The number of rotatable bonds is 7. The lowest BCUT2D eigenvalue weighted by Crippen LogP contribution is -2.23. The van der Waals surface area contributed by atoms with E-state index in [1.54, 1.807) is 41.9 Å². The molecule has 0 saturated heterocycles. The van der Waals surface area contributed by atoms with Crippen molar-refractivity contribution in [1.29, 1.82) is 0 Å². The van der Waals surface area contributed by atoms with Crippen molar-refractivity contribution in [1.82, 2.24) is 10.3 Å². The van der Waals surface area contributed by atoms with E-state index in [4.69, 9.17) is 4.74 Å². The Kier molecular flexibility index (Phi) is 5.96. The maximum atomic E-state index is 14.5. The highest BCUT2D eigenvalue weighted by Crippen LogP contribution is 2.21. The van der Waals surface area contributed by atoms with Crippen molar-refractivity contribution in [3.05, 3.63) is 71.0 Å². The molecule has 1 N–H and O–H groups in total. The van der Waals surface area contributed by atoms with Crippen molar-refractivity contribution in [3.63, 3.8) is 0 Å². The first-order chi connectivity index (χ1) is 12.7. The van der Waals surface area contributed by atoms with Crippen LogP contribution in [0.5, 0.6) is 5.75 Å². The summed E-state index contributed by atoms with van der Waals surface area (Å²) in [6.45, 7) is 2.43. The minimum Gasteiger partial charge on any atom is -0.486 e. The van der Waals surface area contributed by atoms with Gasteiger partial charge in [0, 0.05) is 17.7 Å². The fourth-order valence-electron chi connectivity index (χ4n) is 2.45. The minimum absolute atomic E-state index is 0.0907. The summed E-state index contributed by atoms with van der Waals surface area (Å²) in [6.07, 6.45) is 4.72. The molecule has 0 aliphatic carbocycles. The van der Waals surface area contributed by atoms with Crippen molar-refractivity contribution in [3.8, 4) is 5.75 Å². The average Bonchev–Trinajstić information content (AvgIpc) is 3.13. The quantitative estimate of drug-likeness (QED) is 0.613. The van der Waals surface area contributed by atoms with Gasteiger partial charge < -0.3 is 10.1 Å². The molecule has 4 nitrogen and oxygen atoms in total. The lowest BCUT2D eigenvalue weighted by Gasteiger charge is -2.10. The topological polar surface area (TPSA) is 51.2 Å². The number of hydrogen-bond acceptors (Lipinski definition) is 4. The number of aromatic nitrogens is 1. The first-order valence-electron chi connectivity index (χ1n) is 8.35. The van der Waals surface area contributed by atoms with Gasteiger partial charge in [-0.25, -0.2) is 9.37 Å². The van der Waals surface area contributed by atoms with Crippen LogP contribution in [0.25, 0.3) is 10.2 Å². The fourth-order valence-corrected chi connectivity index (χ4v) is 3.17. The van der Waals surface area contributed by atoms with Crippen molar-refractivity contribution >= 4 is 27.5 Å². The third-order valence-electron chi connectivity index (χ3n) is 3.81. The van der Waals surface area contributed by atoms with Gasteiger partial charge in [0.05, 0.1) is 15.7 Å². The van der Waals surface area contributed by atoms with E-state index in [-0.39, 0.29) is 18.2 Å². The number of nitrogens with one attached hydrogen (secondary N) is 1. The van der Waals surface area contributed by atoms with Crippen LogP contribution in [-0.2, 0) is 6.54 Å². The maximum Gasteiger partial charge on any atom is 0.251 e. The van der Waals surface area contributed by atoms with Crippen LogP contribution in [-0.4, -0.2) is 17.5 Å². The Labute approximate surface area is 155 Å². The number of hydrogen-bond donors (Lipinski definition) is 1. The Morgan fingerprint density at radius 3 is 3.04 bits per heavy atom. The molecule has 0 spiro atoms. The molecule has 0 unspecified atom stereocenters. The number of nitrogens with zero attached hydrogens (tertiary/aromatic N) is 1. The van der Waals surface area contributed by atoms with E-state index in [9.17, 15) is 9.18 Å². The summed E-state index contributed by atoms with van der Waals surface area (Å²) < 4.78 is 20.9. The van der Waals surface area contributed by atoms with E-state index in [0.29, 0.717) is 17.7 Å². The molecule has 26 heavy (non-hydrogen) atoms. The summed E-state index contributed by atoms with van der Waals surface area (Å²) in [7, 11) is 0. The highest BCUT2D eigenvalue weighted by Gasteiger charge is 2.12. The van der Waals surface area contributed by atoms with Gasteiger partial charge in [-0.15, -0.1) is 11.3 Å². The summed E-state index contributed by atoms with van der Waals surface area (Å²) in [6, 6.07) is 10.2. The Hall–Kier alpha value is -2.73.